The fourth-order valence-electron chi connectivity index (χ4n) is 1.70. The molecule has 0 fully saturated rings. The molecular weight excluding hydrogens is 251 g/mol. The molecular formula is C15H20F3N. The van der Waals surface area contributed by atoms with Gasteiger partial charge in [-0.15, -0.1) is 0 Å². The van der Waals surface area contributed by atoms with Crippen molar-refractivity contribution in [3.63, 3.8) is 0 Å². The van der Waals surface area contributed by atoms with Gasteiger partial charge in [0, 0.05) is 6.54 Å². The molecule has 1 aromatic rings. The zero-order valence-electron chi connectivity index (χ0n) is 11.5. The van der Waals surface area contributed by atoms with Crippen molar-refractivity contribution in [2.75, 3.05) is 13.1 Å². The first-order chi connectivity index (χ1) is 8.79. The Labute approximate surface area is 112 Å². The van der Waals surface area contributed by atoms with Crippen LogP contribution in [0.2, 0.25) is 0 Å². The zero-order chi connectivity index (χ0) is 14.5. The highest BCUT2D eigenvalue weighted by atomic mass is 19.4. The van der Waals surface area contributed by atoms with Crippen LogP contribution in [0, 0.1) is 5.92 Å². The largest absolute Gasteiger partial charge is 0.416 e. The molecule has 19 heavy (non-hydrogen) atoms. The van der Waals surface area contributed by atoms with Crippen LogP contribution in [-0.2, 0) is 6.18 Å². The Morgan fingerprint density at radius 2 is 2.00 bits per heavy atom. The highest BCUT2D eigenvalue weighted by molar-refractivity contribution is 5.53. The standard InChI is InChI=1S/C15H20F3N/c1-11(2)9-19-10-12(3)7-13-5-4-6-14(8-13)15(16,17)18/h4-8,11,19H,9-10H2,1-3H3. The predicted molar refractivity (Wildman–Crippen MR) is 72.8 cm³/mol. The fourth-order valence-corrected chi connectivity index (χ4v) is 1.70. The number of halogens is 3. The van der Waals surface area contributed by atoms with E-state index < -0.39 is 11.7 Å². The molecule has 0 radical (unpaired) electrons. The smallest absolute Gasteiger partial charge is 0.313 e. The first-order valence-electron chi connectivity index (χ1n) is 6.34. The van der Waals surface area contributed by atoms with Crippen LogP contribution in [0.5, 0.6) is 0 Å². The van der Waals surface area contributed by atoms with Crippen molar-refractivity contribution in [2.45, 2.75) is 26.9 Å². The van der Waals surface area contributed by atoms with Crippen molar-refractivity contribution in [1.29, 1.82) is 0 Å². The second kappa shape index (κ2) is 6.75. The Balaban J connectivity index is 2.70. The summed E-state index contributed by atoms with van der Waals surface area (Å²) in [6.45, 7) is 7.72. The van der Waals surface area contributed by atoms with Gasteiger partial charge in [-0.05, 0) is 37.1 Å². The third-order valence-electron chi connectivity index (χ3n) is 2.58. The summed E-state index contributed by atoms with van der Waals surface area (Å²) in [5.74, 6) is 0.557. The zero-order valence-corrected chi connectivity index (χ0v) is 11.5. The highest BCUT2D eigenvalue weighted by Gasteiger charge is 2.30. The summed E-state index contributed by atoms with van der Waals surface area (Å²) in [5.41, 5.74) is 0.989. The van der Waals surface area contributed by atoms with Crippen LogP contribution < -0.4 is 5.32 Å². The maximum Gasteiger partial charge on any atom is 0.416 e. The van der Waals surface area contributed by atoms with Crippen molar-refractivity contribution in [3.05, 3.63) is 41.0 Å². The molecule has 106 valence electrons. The van der Waals surface area contributed by atoms with Gasteiger partial charge in [0.1, 0.15) is 0 Å². The van der Waals surface area contributed by atoms with Gasteiger partial charge in [-0.3, -0.25) is 0 Å². The lowest BCUT2D eigenvalue weighted by Gasteiger charge is -2.09. The molecule has 0 aliphatic rings. The van der Waals surface area contributed by atoms with E-state index in [0.29, 0.717) is 18.0 Å². The van der Waals surface area contributed by atoms with E-state index in [0.717, 1.165) is 18.2 Å². The van der Waals surface area contributed by atoms with Crippen molar-refractivity contribution in [2.24, 2.45) is 5.92 Å². The van der Waals surface area contributed by atoms with Crippen LogP contribution in [0.4, 0.5) is 13.2 Å². The van der Waals surface area contributed by atoms with E-state index in [2.05, 4.69) is 19.2 Å². The molecule has 1 N–H and O–H groups in total. The molecule has 1 aromatic carbocycles. The molecule has 0 atom stereocenters. The Morgan fingerprint density at radius 3 is 2.58 bits per heavy atom. The summed E-state index contributed by atoms with van der Waals surface area (Å²) in [6, 6.07) is 5.38. The van der Waals surface area contributed by atoms with Gasteiger partial charge in [-0.1, -0.05) is 37.6 Å². The summed E-state index contributed by atoms with van der Waals surface area (Å²) in [5, 5.41) is 3.26. The fraction of sp³-hybridized carbons (Fsp3) is 0.467. The average Bonchev–Trinajstić information content (AvgIpc) is 2.27. The van der Waals surface area contributed by atoms with Gasteiger partial charge >= 0.3 is 6.18 Å². The number of hydrogen-bond donors (Lipinski definition) is 1. The van der Waals surface area contributed by atoms with E-state index in [-0.39, 0.29) is 0 Å². The van der Waals surface area contributed by atoms with E-state index in [1.54, 1.807) is 12.1 Å². The second-order valence-corrected chi connectivity index (χ2v) is 5.14. The molecule has 0 spiro atoms. The number of benzene rings is 1. The van der Waals surface area contributed by atoms with Crippen LogP contribution in [0.15, 0.2) is 29.8 Å². The number of alkyl halides is 3. The molecule has 0 saturated carbocycles. The molecule has 0 aliphatic heterocycles. The van der Waals surface area contributed by atoms with Crippen molar-refractivity contribution in [3.8, 4) is 0 Å². The number of nitrogens with one attached hydrogen (secondary N) is 1. The summed E-state index contributed by atoms with van der Waals surface area (Å²) >= 11 is 0. The lowest BCUT2D eigenvalue weighted by molar-refractivity contribution is -0.137. The van der Waals surface area contributed by atoms with Gasteiger partial charge in [0.25, 0.3) is 0 Å². The molecule has 0 amide bonds. The van der Waals surface area contributed by atoms with E-state index in [1.165, 1.54) is 12.1 Å². The first kappa shape index (κ1) is 15.8. The minimum Gasteiger partial charge on any atom is -0.313 e. The summed E-state index contributed by atoms with van der Waals surface area (Å²) in [4.78, 5) is 0. The van der Waals surface area contributed by atoms with Gasteiger partial charge in [-0.2, -0.15) is 13.2 Å². The minimum absolute atomic E-state index is 0.557. The molecule has 1 rings (SSSR count). The van der Waals surface area contributed by atoms with Crippen LogP contribution >= 0.6 is 0 Å². The molecule has 1 nitrogen and oxygen atoms in total. The topological polar surface area (TPSA) is 12.0 Å². The Morgan fingerprint density at radius 1 is 1.32 bits per heavy atom. The monoisotopic (exact) mass is 271 g/mol. The van der Waals surface area contributed by atoms with E-state index in [9.17, 15) is 13.2 Å². The van der Waals surface area contributed by atoms with Gasteiger partial charge < -0.3 is 5.32 Å². The lowest BCUT2D eigenvalue weighted by atomic mass is 10.1. The SMILES string of the molecule is CC(=Cc1cccc(C(F)(F)F)c1)CNCC(C)C. The van der Waals surface area contributed by atoms with E-state index in [4.69, 9.17) is 0 Å². The van der Waals surface area contributed by atoms with Gasteiger partial charge in [-0.25, -0.2) is 0 Å². The van der Waals surface area contributed by atoms with Crippen molar-refractivity contribution < 1.29 is 13.2 Å². The van der Waals surface area contributed by atoms with Crippen LogP contribution in [0.3, 0.4) is 0 Å². The average molecular weight is 271 g/mol. The Kier molecular flexibility index (Phi) is 5.60. The highest BCUT2D eigenvalue weighted by Crippen LogP contribution is 2.29. The van der Waals surface area contributed by atoms with Gasteiger partial charge in [0.05, 0.1) is 5.56 Å². The molecule has 0 unspecified atom stereocenters. The Hall–Kier alpha value is -1.29. The van der Waals surface area contributed by atoms with E-state index in [1.807, 2.05) is 6.92 Å². The lowest BCUT2D eigenvalue weighted by Crippen LogP contribution is -2.21. The third kappa shape index (κ3) is 5.92. The molecule has 0 bridgehead atoms. The molecule has 4 heteroatoms. The first-order valence-corrected chi connectivity index (χ1v) is 6.34. The quantitative estimate of drug-likeness (QED) is 0.839. The van der Waals surface area contributed by atoms with Crippen molar-refractivity contribution in [1.82, 2.24) is 5.32 Å². The maximum atomic E-state index is 12.6. The number of rotatable bonds is 5. The van der Waals surface area contributed by atoms with Crippen LogP contribution in [0.25, 0.3) is 6.08 Å². The van der Waals surface area contributed by atoms with Crippen molar-refractivity contribution >= 4 is 6.08 Å². The van der Waals surface area contributed by atoms with Crippen LogP contribution in [0.1, 0.15) is 31.9 Å². The van der Waals surface area contributed by atoms with Gasteiger partial charge in [0.15, 0.2) is 0 Å². The normalized spacial score (nSPS) is 13.1. The summed E-state index contributed by atoms with van der Waals surface area (Å²) in [6.07, 6.45) is -2.50. The Bertz CT molecular complexity index is 433. The molecule has 0 aromatic heterocycles. The third-order valence-corrected chi connectivity index (χ3v) is 2.58. The summed E-state index contributed by atoms with van der Waals surface area (Å²) in [7, 11) is 0. The van der Waals surface area contributed by atoms with Crippen LogP contribution in [-0.4, -0.2) is 13.1 Å². The van der Waals surface area contributed by atoms with Gasteiger partial charge in [0.2, 0.25) is 0 Å². The maximum absolute atomic E-state index is 12.6. The molecule has 0 heterocycles. The predicted octanol–water partition coefficient (Wildman–Crippen LogP) is 4.35. The van der Waals surface area contributed by atoms with E-state index >= 15 is 0 Å². The minimum atomic E-state index is -4.28. The molecule has 0 aliphatic carbocycles. The molecule has 0 saturated heterocycles. The summed E-state index contributed by atoms with van der Waals surface area (Å²) < 4.78 is 37.7. The second-order valence-electron chi connectivity index (χ2n) is 5.14. The number of hydrogen-bond acceptors (Lipinski definition) is 1.